The largest absolute Gasteiger partial charge is 0.480 e. The molecular weight excluding hydrogens is 314 g/mol. The molecule has 0 bridgehead atoms. The number of carbonyl (C=O) groups is 2. The van der Waals surface area contributed by atoms with Crippen LogP contribution in [-0.4, -0.2) is 44.8 Å². The molecular formula is C16H19N3O3S. The smallest absolute Gasteiger partial charge is 0.325 e. The monoisotopic (exact) mass is 333 g/mol. The second-order valence-electron chi connectivity index (χ2n) is 5.82. The number of carboxylic acid groups (broad SMARTS) is 1. The van der Waals surface area contributed by atoms with Gasteiger partial charge in [-0.3, -0.25) is 14.3 Å². The van der Waals surface area contributed by atoms with Gasteiger partial charge in [0, 0.05) is 25.2 Å². The number of amides is 1. The van der Waals surface area contributed by atoms with Gasteiger partial charge in [-0.05, 0) is 41.3 Å². The van der Waals surface area contributed by atoms with Crippen LogP contribution >= 0.6 is 11.3 Å². The average molecular weight is 333 g/mol. The van der Waals surface area contributed by atoms with E-state index in [1.54, 1.807) is 17.5 Å². The Kier molecular flexibility index (Phi) is 4.76. The van der Waals surface area contributed by atoms with Crippen molar-refractivity contribution in [3.63, 3.8) is 0 Å². The maximum atomic E-state index is 12.4. The van der Waals surface area contributed by atoms with Gasteiger partial charge in [0.1, 0.15) is 6.54 Å². The summed E-state index contributed by atoms with van der Waals surface area (Å²) < 4.78 is 1.43. The van der Waals surface area contributed by atoms with E-state index < -0.39 is 5.97 Å². The van der Waals surface area contributed by atoms with E-state index in [1.807, 2.05) is 27.8 Å². The summed E-state index contributed by atoms with van der Waals surface area (Å²) in [5.41, 5.74) is 1.94. The summed E-state index contributed by atoms with van der Waals surface area (Å²) in [6, 6.07) is 3.85. The summed E-state index contributed by atoms with van der Waals surface area (Å²) in [6.45, 7) is 1.32. The lowest BCUT2D eigenvalue weighted by atomic mass is 9.94. The molecule has 1 atom stereocenters. The van der Waals surface area contributed by atoms with Crippen LogP contribution in [0.1, 0.15) is 30.0 Å². The van der Waals surface area contributed by atoms with E-state index in [9.17, 15) is 9.59 Å². The molecule has 0 spiro atoms. The van der Waals surface area contributed by atoms with Crippen molar-refractivity contribution >= 4 is 23.2 Å². The molecule has 1 N–H and O–H groups in total. The van der Waals surface area contributed by atoms with Crippen LogP contribution in [0.2, 0.25) is 0 Å². The maximum Gasteiger partial charge on any atom is 0.325 e. The predicted octanol–water partition coefficient (Wildman–Crippen LogP) is 1.98. The SMILES string of the molecule is O=C(O)Cn1ccc([C@@H]2CCCN(C(=O)Cc3ccsc3)C2)n1. The van der Waals surface area contributed by atoms with Crippen LogP contribution in [-0.2, 0) is 22.6 Å². The average Bonchev–Trinajstić information content (AvgIpc) is 3.18. The Bertz CT molecular complexity index is 681. The van der Waals surface area contributed by atoms with E-state index >= 15 is 0 Å². The molecule has 1 fully saturated rings. The second-order valence-corrected chi connectivity index (χ2v) is 6.60. The van der Waals surface area contributed by atoms with E-state index in [2.05, 4.69) is 5.10 Å². The number of hydrogen-bond donors (Lipinski definition) is 1. The zero-order chi connectivity index (χ0) is 16.2. The van der Waals surface area contributed by atoms with Crippen molar-refractivity contribution in [2.75, 3.05) is 13.1 Å². The van der Waals surface area contributed by atoms with Gasteiger partial charge in [0.2, 0.25) is 5.91 Å². The highest BCUT2D eigenvalue weighted by molar-refractivity contribution is 7.07. The predicted molar refractivity (Wildman–Crippen MR) is 86.4 cm³/mol. The number of rotatable bonds is 5. The molecule has 7 heteroatoms. The van der Waals surface area contributed by atoms with E-state index in [0.29, 0.717) is 13.0 Å². The van der Waals surface area contributed by atoms with Crippen LogP contribution in [0, 0.1) is 0 Å². The minimum Gasteiger partial charge on any atom is -0.480 e. The van der Waals surface area contributed by atoms with Gasteiger partial charge in [-0.25, -0.2) is 0 Å². The molecule has 3 rings (SSSR count). The number of nitrogens with zero attached hydrogens (tertiary/aromatic N) is 3. The summed E-state index contributed by atoms with van der Waals surface area (Å²) in [5, 5.41) is 17.1. The van der Waals surface area contributed by atoms with Crippen molar-refractivity contribution in [1.29, 1.82) is 0 Å². The molecule has 3 heterocycles. The zero-order valence-corrected chi connectivity index (χ0v) is 13.5. The fourth-order valence-corrected chi connectivity index (χ4v) is 3.62. The highest BCUT2D eigenvalue weighted by Gasteiger charge is 2.26. The molecule has 6 nitrogen and oxygen atoms in total. The molecule has 1 aliphatic heterocycles. The minimum absolute atomic E-state index is 0.131. The number of likely N-dealkylation sites (tertiary alicyclic amines) is 1. The Labute approximate surface area is 138 Å². The third-order valence-corrected chi connectivity index (χ3v) is 4.82. The molecule has 0 aliphatic carbocycles. The molecule has 122 valence electrons. The van der Waals surface area contributed by atoms with E-state index in [-0.39, 0.29) is 18.4 Å². The molecule has 1 saturated heterocycles. The van der Waals surface area contributed by atoms with E-state index in [1.165, 1.54) is 4.68 Å². The molecule has 0 radical (unpaired) electrons. The number of carboxylic acids is 1. The van der Waals surface area contributed by atoms with Gasteiger partial charge >= 0.3 is 5.97 Å². The molecule has 23 heavy (non-hydrogen) atoms. The van der Waals surface area contributed by atoms with Gasteiger partial charge in [-0.2, -0.15) is 16.4 Å². The van der Waals surface area contributed by atoms with E-state index in [0.717, 1.165) is 30.6 Å². The Morgan fingerprint density at radius 1 is 1.39 bits per heavy atom. The van der Waals surface area contributed by atoms with Gasteiger partial charge in [0.25, 0.3) is 0 Å². The summed E-state index contributed by atoms with van der Waals surface area (Å²) in [6.07, 6.45) is 4.07. The topological polar surface area (TPSA) is 75.4 Å². The number of aromatic nitrogens is 2. The second kappa shape index (κ2) is 6.95. The molecule has 0 unspecified atom stereocenters. The van der Waals surface area contributed by atoms with Gasteiger partial charge in [0.05, 0.1) is 12.1 Å². The van der Waals surface area contributed by atoms with Crippen molar-refractivity contribution in [2.45, 2.75) is 31.7 Å². The molecule has 2 aromatic rings. The normalized spacial score (nSPS) is 18.1. The van der Waals surface area contributed by atoms with Crippen LogP contribution in [0.15, 0.2) is 29.1 Å². The van der Waals surface area contributed by atoms with Crippen molar-refractivity contribution in [3.05, 3.63) is 40.3 Å². The van der Waals surface area contributed by atoms with Crippen molar-refractivity contribution < 1.29 is 14.7 Å². The number of carbonyl (C=O) groups excluding carboxylic acids is 1. The third kappa shape index (κ3) is 3.98. The van der Waals surface area contributed by atoms with Crippen LogP contribution in [0.4, 0.5) is 0 Å². The van der Waals surface area contributed by atoms with E-state index in [4.69, 9.17) is 5.11 Å². The quantitative estimate of drug-likeness (QED) is 0.908. The first-order chi connectivity index (χ1) is 11.1. The third-order valence-electron chi connectivity index (χ3n) is 4.09. The van der Waals surface area contributed by atoms with Gasteiger partial charge in [-0.15, -0.1) is 0 Å². The molecule has 2 aromatic heterocycles. The lowest BCUT2D eigenvalue weighted by molar-refractivity contribution is -0.138. The van der Waals surface area contributed by atoms with Gasteiger partial charge < -0.3 is 10.0 Å². The fraction of sp³-hybridized carbons (Fsp3) is 0.438. The Hall–Kier alpha value is -2.15. The first-order valence-corrected chi connectivity index (χ1v) is 8.60. The Morgan fingerprint density at radius 3 is 3.00 bits per heavy atom. The molecule has 0 saturated carbocycles. The lowest BCUT2D eigenvalue weighted by Crippen LogP contribution is -2.40. The van der Waals surface area contributed by atoms with Gasteiger partial charge in [-0.1, -0.05) is 0 Å². The molecule has 1 amide bonds. The summed E-state index contributed by atoms with van der Waals surface area (Å²) in [7, 11) is 0. The summed E-state index contributed by atoms with van der Waals surface area (Å²) >= 11 is 1.60. The van der Waals surface area contributed by atoms with Crippen LogP contribution in [0.25, 0.3) is 0 Å². The first-order valence-electron chi connectivity index (χ1n) is 7.66. The highest BCUT2D eigenvalue weighted by Crippen LogP contribution is 2.26. The van der Waals surface area contributed by atoms with Crippen LogP contribution in [0.3, 0.4) is 0 Å². The maximum absolute atomic E-state index is 12.4. The Balaban J connectivity index is 1.62. The highest BCUT2D eigenvalue weighted by atomic mass is 32.1. The van der Waals surface area contributed by atoms with Crippen molar-refractivity contribution in [1.82, 2.24) is 14.7 Å². The first kappa shape index (κ1) is 15.7. The number of aliphatic carboxylic acids is 1. The number of hydrogen-bond acceptors (Lipinski definition) is 4. The number of thiophene rings is 1. The van der Waals surface area contributed by atoms with Crippen molar-refractivity contribution in [2.24, 2.45) is 0 Å². The fourth-order valence-electron chi connectivity index (χ4n) is 2.95. The standard InChI is InChI=1S/C16H19N3O3S/c20-15(8-12-4-7-23-11-12)18-5-1-2-13(9-18)14-3-6-19(17-14)10-16(21)22/h3-4,6-7,11,13H,1-2,5,8-10H2,(H,21,22)/t13-/m1/s1. The molecule has 1 aliphatic rings. The van der Waals surface area contributed by atoms with Gasteiger partial charge in [0.15, 0.2) is 0 Å². The lowest BCUT2D eigenvalue weighted by Gasteiger charge is -2.32. The van der Waals surface area contributed by atoms with Crippen LogP contribution < -0.4 is 0 Å². The summed E-state index contributed by atoms with van der Waals surface area (Å²) in [4.78, 5) is 25.1. The van der Waals surface area contributed by atoms with Crippen molar-refractivity contribution in [3.8, 4) is 0 Å². The summed E-state index contributed by atoms with van der Waals surface area (Å²) in [5.74, 6) is -0.570. The molecule has 0 aromatic carbocycles. The zero-order valence-electron chi connectivity index (χ0n) is 12.7. The number of piperidine rings is 1. The minimum atomic E-state index is -0.907. The van der Waals surface area contributed by atoms with Crippen LogP contribution in [0.5, 0.6) is 0 Å². The Morgan fingerprint density at radius 2 is 2.26 bits per heavy atom.